The van der Waals surface area contributed by atoms with Crippen molar-refractivity contribution in [3.8, 4) is 0 Å². The lowest BCUT2D eigenvalue weighted by Crippen LogP contribution is -2.33. The van der Waals surface area contributed by atoms with E-state index in [1.165, 1.54) is 0 Å². The van der Waals surface area contributed by atoms with E-state index in [2.05, 4.69) is 25.2 Å². The van der Waals surface area contributed by atoms with Crippen molar-refractivity contribution in [2.45, 2.75) is 25.8 Å². The Morgan fingerprint density at radius 2 is 2.16 bits per heavy atom. The maximum absolute atomic E-state index is 6.13. The van der Waals surface area contributed by atoms with Crippen molar-refractivity contribution in [3.05, 3.63) is 35.0 Å². The minimum Gasteiger partial charge on any atom is -0.459 e. The molecular weight excluding hydrogens is 262 g/mol. The van der Waals surface area contributed by atoms with Gasteiger partial charge in [0.2, 0.25) is 0 Å². The van der Waals surface area contributed by atoms with E-state index < -0.39 is 0 Å². The second-order valence-electron chi connectivity index (χ2n) is 4.83. The molecule has 3 nitrogen and oxygen atoms in total. The Bertz CT molecular complexity index is 538. The molecule has 2 atom stereocenters. The minimum absolute atomic E-state index is 0.278. The van der Waals surface area contributed by atoms with Gasteiger partial charge >= 0.3 is 0 Å². The van der Waals surface area contributed by atoms with Gasteiger partial charge in [0.1, 0.15) is 5.76 Å². The number of methoxy groups -OCH3 is 1. The zero-order valence-electron chi connectivity index (χ0n) is 11.6. The molecule has 0 amide bonds. The Kier molecular flexibility index (Phi) is 4.86. The molecule has 2 rings (SSSR count). The normalized spacial score (nSPS) is 14.7. The summed E-state index contributed by atoms with van der Waals surface area (Å²) in [4.78, 5) is 0. The average Bonchev–Trinajstić information content (AvgIpc) is 2.83. The molecule has 2 aromatic rings. The van der Waals surface area contributed by atoms with E-state index in [9.17, 15) is 0 Å². The molecule has 0 radical (unpaired) electrons. The predicted molar refractivity (Wildman–Crippen MR) is 79.0 cm³/mol. The van der Waals surface area contributed by atoms with Gasteiger partial charge in [0.15, 0.2) is 5.58 Å². The standard InChI is InChI=1S/C15H20ClNO2/c1-10(11(2)17-7-8-18-3)14-9-12-5-4-6-13(16)15(12)19-14/h4-6,9-11,17H,7-8H2,1-3H3. The van der Waals surface area contributed by atoms with E-state index in [0.29, 0.717) is 17.7 Å². The van der Waals surface area contributed by atoms with Crippen molar-refractivity contribution in [1.29, 1.82) is 0 Å². The van der Waals surface area contributed by atoms with E-state index in [4.69, 9.17) is 20.8 Å². The first-order chi connectivity index (χ1) is 9.13. The van der Waals surface area contributed by atoms with Crippen molar-refractivity contribution in [1.82, 2.24) is 5.32 Å². The summed E-state index contributed by atoms with van der Waals surface area (Å²) in [6, 6.07) is 8.19. The van der Waals surface area contributed by atoms with E-state index in [1.54, 1.807) is 7.11 Å². The quantitative estimate of drug-likeness (QED) is 0.818. The number of para-hydroxylation sites is 1. The lowest BCUT2D eigenvalue weighted by atomic mass is 10.0. The maximum atomic E-state index is 6.13. The van der Waals surface area contributed by atoms with Gasteiger partial charge in [0.25, 0.3) is 0 Å². The highest BCUT2D eigenvalue weighted by Gasteiger charge is 2.18. The van der Waals surface area contributed by atoms with Gasteiger partial charge in [0, 0.05) is 31.0 Å². The first-order valence-corrected chi connectivity index (χ1v) is 6.91. The average molecular weight is 282 g/mol. The summed E-state index contributed by atoms with van der Waals surface area (Å²) in [5, 5.41) is 5.14. The lowest BCUT2D eigenvalue weighted by molar-refractivity contribution is 0.194. The van der Waals surface area contributed by atoms with Crippen LogP contribution in [0.4, 0.5) is 0 Å². The minimum atomic E-state index is 0.278. The summed E-state index contributed by atoms with van der Waals surface area (Å²) >= 11 is 6.13. The molecule has 0 aliphatic heterocycles. The van der Waals surface area contributed by atoms with Gasteiger partial charge in [0.05, 0.1) is 11.6 Å². The van der Waals surface area contributed by atoms with Crippen LogP contribution < -0.4 is 5.32 Å². The summed E-state index contributed by atoms with van der Waals surface area (Å²) < 4.78 is 10.9. The molecule has 1 N–H and O–H groups in total. The number of hydrogen-bond acceptors (Lipinski definition) is 3. The molecular formula is C15H20ClNO2. The van der Waals surface area contributed by atoms with Gasteiger partial charge < -0.3 is 14.5 Å². The summed E-state index contributed by atoms with van der Waals surface area (Å²) in [6.07, 6.45) is 0. The van der Waals surface area contributed by atoms with Crippen LogP contribution in [-0.4, -0.2) is 26.3 Å². The number of hydrogen-bond donors (Lipinski definition) is 1. The highest BCUT2D eigenvalue weighted by atomic mass is 35.5. The van der Waals surface area contributed by atoms with E-state index >= 15 is 0 Å². The third-order valence-corrected chi connectivity index (χ3v) is 3.78. The number of nitrogens with one attached hydrogen (secondary N) is 1. The van der Waals surface area contributed by atoms with Gasteiger partial charge in [-0.05, 0) is 19.1 Å². The molecule has 1 aromatic carbocycles. The van der Waals surface area contributed by atoms with Gasteiger partial charge in [-0.15, -0.1) is 0 Å². The molecule has 1 aromatic heterocycles. The zero-order chi connectivity index (χ0) is 13.8. The van der Waals surface area contributed by atoms with Crippen LogP contribution in [0, 0.1) is 0 Å². The first-order valence-electron chi connectivity index (χ1n) is 6.53. The van der Waals surface area contributed by atoms with E-state index in [-0.39, 0.29) is 5.92 Å². The first kappa shape index (κ1) is 14.4. The SMILES string of the molecule is COCCNC(C)C(C)c1cc2cccc(Cl)c2o1. The van der Waals surface area contributed by atoms with E-state index in [0.717, 1.165) is 23.3 Å². The lowest BCUT2D eigenvalue weighted by Gasteiger charge is -2.19. The molecule has 0 saturated carbocycles. The number of furan rings is 1. The van der Waals surface area contributed by atoms with Gasteiger partial charge in [-0.2, -0.15) is 0 Å². The number of benzene rings is 1. The highest BCUT2D eigenvalue weighted by molar-refractivity contribution is 6.34. The molecule has 104 valence electrons. The number of rotatable bonds is 6. The maximum Gasteiger partial charge on any atom is 0.152 e. The van der Waals surface area contributed by atoms with Crippen LogP contribution in [0.2, 0.25) is 5.02 Å². The van der Waals surface area contributed by atoms with Gasteiger partial charge in [-0.25, -0.2) is 0 Å². The summed E-state index contributed by atoms with van der Waals surface area (Å²) in [5.74, 6) is 1.24. The topological polar surface area (TPSA) is 34.4 Å². The highest BCUT2D eigenvalue weighted by Crippen LogP contribution is 2.31. The van der Waals surface area contributed by atoms with Crippen molar-refractivity contribution in [2.75, 3.05) is 20.3 Å². The fourth-order valence-corrected chi connectivity index (χ4v) is 2.30. The smallest absolute Gasteiger partial charge is 0.152 e. The Hall–Kier alpha value is -1.03. The van der Waals surface area contributed by atoms with Crippen LogP contribution >= 0.6 is 11.6 Å². The van der Waals surface area contributed by atoms with Crippen LogP contribution in [0.15, 0.2) is 28.7 Å². The number of ether oxygens (including phenoxy) is 1. The fraction of sp³-hybridized carbons (Fsp3) is 0.467. The fourth-order valence-electron chi connectivity index (χ4n) is 2.08. The molecule has 0 fully saturated rings. The summed E-state index contributed by atoms with van der Waals surface area (Å²) in [6.45, 7) is 5.84. The van der Waals surface area contributed by atoms with Crippen LogP contribution in [0.3, 0.4) is 0 Å². The van der Waals surface area contributed by atoms with Crippen molar-refractivity contribution in [3.63, 3.8) is 0 Å². The van der Waals surface area contributed by atoms with E-state index in [1.807, 2.05) is 18.2 Å². The third-order valence-electron chi connectivity index (χ3n) is 3.49. The largest absolute Gasteiger partial charge is 0.459 e. The number of halogens is 1. The van der Waals surface area contributed by atoms with Crippen molar-refractivity contribution in [2.24, 2.45) is 0 Å². The molecule has 2 unspecified atom stereocenters. The Balaban J connectivity index is 2.12. The van der Waals surface area contributed by atoms with Crippen LogP contribution in [0.1, 0.15) is 25.5 Å². The third kappa shape index (κ3) is 3.30. The van der Waals surface area contributed by atoms with Crippen LogP contribution in [0.25, 0.3) is 11.0 Å². The monoisotopic (exact) mass is 281 g/mol. The Morgan fingerprint density at radius 3 is 2.84 bits per heavy atom. The van der Waals surface area contributed by atoms with Crippen molar-refractivity contribution >= 4 is 22.6 Å². The molecule has 1 heterocycles. The Labute approximate surface area is 118 Å². The molecule has 0 aliphatic rings. The summed E-state index contributed by atoms with van der Waals surface area (Å²) in [7, 11) is 1.71. The number of fused-ring (bicyclic) bond motifs is 1. The molecule has 0 spiro atoms. The molecule has 0 aliphatic carbocycles. The Morgan fingerprint density at radius 1 is 1.37 bits per heavy atom. The zero-order valence-corrected chi connectivity index (χ0v) is 12.3. The second-order valence-corrected chi connectivity index (χ2v) is 5.24. The predicted octanol–water partition coefficient (Wildman–Crippen LogP) is 3.81. The summed E-state index contributed by atoms with van der Waals surface area (Å²) in [5.41, 5.74) is 0.773. The van der Waals surface area contributed by atoms with Crippen LogP contribution in [-0.2, 0) is 4.74 Å². The van der Waals surface area contributed by atoms with Crippen molar-refractivity contribution < 1.29 is 9.15 Å². The second kappa shape index (κ2) is 6.42. The molecule has 0 saturated heterocycles. The van der Waals surface area contributed by atoms with Gasteiger partial charge in [-0.1, -0.05) is 30.7 Å². The molecule has 4 heteroatoms. The van der Waals surface area contributed by atoms with Crippen LogP contribution in [0.5, 0.6) is 0 Å². The van der Waals surface area contributed by atoms with Gasteiger partial charge in [-0.3, -0.25) is 0 Å². The molecule has 0 bridgehead atoms. The molecule has 19 heavy (non-hydrogen) atoms.